The zero-order valence-corrected chi connectivity index (χ0v) is 54.2. The topological polar surface area (TPSA) is 111 Å². The van der Waals surface area contributed by atoms with Crippen LogP contribution in [0.5, 0.6) is 0 Å². The maximum Gasteiger partial charge on any atom is 0.472 e. The van der Waals surface area contributed by atoms with Gasteiger partial charge in [-0.15, -0.1) is 0 Å². The van der Waals surface area contributed by atoms with E-state index in [4.69, 9.17) is 13.8 Å². The highest BCUT2D eigenvalue weighted by atomic mass is 31.2. The predicted molar refractivity (Wildman–Crippen MR) is 346 cm³/mol. The van der Waals surface area contributed by atoms with E-state index in [0.29, 0.717) is 23.9 Å². The van der Waals surface area contributed by atoms with Crippen LogP contribution in [0.4, 0.5) is 0 Å². The number of unbranched alkanes of at least 4 members (excludes halogenated alkanes) is 35. The molecule has 2 N–H and O–H groups in total. The summed E-state index contributed by atoms with van der Waals surface area (Å²) < 4.78 is 30.8. The first-order valence-corrected chi connectivity index (χ1v) is 35.3. The molecule has 0 saturated heterocycles. The third-order valence-corrected chi connectivity index (χ3v) is 15.9. The Morgan fingerprint density at radius 3 is 1.20 bits per heavy atom. The van der Waals surface area contributed by atoms with Crippen LogP contribution >= 0.6 is 7.82 Å². The first-order valence-electron chi connectivity index (χ1n) is 33.8. The van der Waals surface area contributed by atoms with Crippen molar-refractivity contribution < 1.29 is 37.3 Å². The van der Waals surface area contributed by atoms with Crippen molar-refractivity contribution in [1.29, 1.82) is 0 Å². The standard InChI is InChI=1S/C70H129N2O7P/c1-7-10-13-16-19-22-25-28-30-31-32-33-34-35-36-37-38-39-40-41-42-44-47-50-53-56-59-62-69(73)71-67(66-78-80(75,76)77-65-64-72(4,5)6)68(61-58-55-52-49-46-43-27-24-21-18-15-12-9-3)79-70(74)63-60-57-54-51-48-45-29-26-23-20-17-14-11-8-2/h10,13,19,22,28,30,32-33,35-36,58,61,67-68H,7-9,11-12,14-18,20-21,23-27,29,31,34,37-57,59-60,62-66H2,1-6H3,(H-,71,73,75,76)/p+1/b13-10-,22-19-,30-28-,33-32-,36-35-,61-58-. The molecule has 0 aromatic heterocycles. The van der Waals surface area contributed by atoms with E-state index in [1.165, 1.54) is 186 Å². The Bertz CT molecular complexity index is 1600. The van der Waals surface area contributed by atoms with Crippen LogP contribution in [-0.2, 0) is 27.9 Å². The van der Waals surface area contributed by atoms with Gasteiger partial charge in [-0.3, -0.25) is 18.6 Å². The average molecular weight is 1140 g/mol. The third kappa shape index (κ3) is 60.1. The summed E-state index contributed by atoms with van der Waals surface area (Å²) in [6.07, 6.45) is 77.6. The van der Waals surface area contributed by atoms with E-state index in [-0.39, 0.29) is 25.1 Å². The number of amides is 1. The molecule has 0 radical (unpaired) electrons. The monoisotopic (exact) mass is 1140 g/mol. The molecule has 10 heteroatoms. The Balaban J connectivity index is 5.07. The van der Waals surface area contributed by atoms with Gasteiger partial charge in [0.1, 0.15) is 19.3 Å². The second-order valence-electron chi connectivity index (χ2n) is 24.0. The zero-order valence-electron chi connectivity index (χ0n) is 53.3. The van der Waals surface area contributed by atoms with E-state index in [0.717, 1.165) is 89.9 Å². The lowest BCUT2D eigenvalue weighted by atomic mass is 10.0. The molecule has 3 unspecified atom stereocenters. The van der Waals surface area contributed by atoms with Crippen molar-refractivity contribution in [3.8, 4) is 0 Å². The lowest BCUT2D eigenvalue weighted by Crippen LogP contribution is -2.47. The van der Waals surface area contributed by atoms with Gasteiger partial charge in [0.25, 0.3) is 0 Å². The summed E-state index contributed by atoms with van der Waals surface area (Å²) in [4.78, 5) is 37.8. The van der Waals surface area contributed by atoms with E-state index in [2.05, 4.69) is 86.8 Å². The molecule has 0 rings (SSSR count). The normalized spacial score (nSPS) is 14.0. The molecule has 0 spiro atoms. The van der Waals surface area contributed by atoms with Gasteiger partial charge in [0.2, 0.25) is 5.91 Å². The minimum absolute atomic E-state index is 0.0394. The molecule has 80 heavy (non-hydrogen) atoms. The number of nitrogens with zero attached hydrogens (tertiary/aromatic N) is 1. The largest absolute Gasteiger partial charge is 0.472 e. The Kier molecular flexibility index (Phi) is 57.7. The molecule has 0 heterocycles. The van der Waals surface area contributed by atoms with Crippen LogP contribution in [0.2, 0.25) is 0 Å². The van der Waals surface area contributed by atoms with Gasteiger partial charge in [0.05, 0.1) is 33.8 Å². The highest BCUT2D eigenvalue weighted by molar-refractivity contribution is 7.47. The van der Waals surface area contributed by atoms with Crippen LogP contribution in [-0.4, -0.2) is 74.3 Å². The minimum Gasteiger partial charge on any atom is -0.456 e. The number of phosphoric acid groups is 1. The van der Waals surface area contributed by atoms with Crippen molar-refractivity contribution in [3.05, 3.63) is 72.9 Å². The van der Waals surface area contributed by atoms with Gasteiger partial charge in [0.15, 0.2) is 0 Å². The molecule has 0 aliphatic heterocycles. The SMILES string of the molecule is CC/C=C\C/C=C\C/C=C\C/C=C\C/C=C\CCCCCCCCCCCCCC(=O)NC(COP(=O)(O)OCC[N+](C)(C)C)C(/C=C\CCCCCCCCCCCCC)OC(=O)CCCCCCCCCCCCCCCC. The van der Waals surface area contributed by atoms with E-state index < -0.39 is 20.0 Å². The molecule has 9 nitrogen and oxygen atoms in total. The molecular weight excluding hydrogens is 1010 g/mol. The molecule has 0 aromatic carbocycles. The van der Waals surface area contributed by atoms with Gasteiger partial charge in [-0.2, -0.15) is 0 Å². The van der Waals surface area contributed by atoms with E-state index in [1.807, 2.05) is 33.3 Å². The smallest absolute Gasteiger partial charge is 0.456 e. The van der Waals surface area contributed by atoms with Gasteiger partial charge in [-0.1, -0.05) is 293 Å². The van der Waals surface area contributed by atoms with Crippen LogP contribution in [0.1, 0.15) is 310 Å². The van der Waals surface area contributed by atoms with Crippen molar-refractivity contribution in [1.82, 2.24) is 5.32 Å². The zero-order chi connectivity index (χ0) is 58.6. The summed E-state index contributed by atoms with van der Waals surface area (Å²) in [5.41, 5.74) is 0. The van der Waals surface area contributed by atoms with Crippen LogP contribution in [0.15, 0.2) is 72.9 Å². The highest BCUT2D eigenvalue weighted by Crippen LogP contribution is 2.43. The fourth-order valence-electron chi connectivity index (χ4n) is 9.73. The van der Waals surface area contributed by atoms with Gasteiger partial charge < -0.3 is 19.4 Å². The summed E-state index contributed by atoms with van der Waals surface area (Å²) in [6.45, 7) is 6.93. The second-order valence-corrected chi connectivity index (χ2v) is 25.4. The summed E-state index contributed by atoms with van der Waals surface area (Å²) in [6, 6.07) is -0.850. The minimum atomic E-state index is -4.45. The quantitative estimate of drug-likeness (QED) is 0.0205. The number of rotatable bonds is 61. The number of allylic oxidation sites excluding steroid dienone is 11. The van der Waals surface area contributed by atoms with Gasteiger partial charge in [-0.05, 0) is 76.7 Å². The summed E-state index contributed by atoms with van der Waals surface area (Å²) in [7, 11) is 1.50. The molecule has 0 bridgehead atoms. The van der Waals surface area contributed by atoms with Crippen molar-refractivity contribution in [2.45, 2.75) is 322 Å². The molecule has 0 aromatic rings. The first kappa shape index (κ1) is 77.5. The number of esters is 1. The number of phosphoric ester groups is 1. The number of hydrogen-bond acceptors (Lipinski definition) is 6. The number of carbonyl (C=O) groups excluding carboxylic acids is 2. The Hall–Kier alpha value is -2.55. The Labute approximate surface area is 495 Å². The average Bonchev–Trinajstić information content (AvgIpc) is 3.42. The lowest BCUT2D eigenvalue weighted by molar-refractivity contribution is -0.870. The molecule has 0 aliphatic rings. The van der Waals surface area contributed by atoms with E-state index in [1.54, 1.807) is 0 Å². The molecule has 3 atom stereocenters. The van der Waals surface area contributed by atoms with Crippen LogP contribution < -0.4 is 5.32 Å². The molecule has 0 fully saturated rings. The van der Waals surface area contributed by atoms with Crippen molar-refractivity contribution in [2.75, 3.05) is 40.9 Å². The van der Waals surface area contributed by atoms with Crippen LogP contribution in [0.3, 0.4) is 0 Å². The van der Waals surface area contributed by atoms with Gasteiger partial charge in [-0.25, -0.2) is 4.57 Å². The number of carbonyl (C=O) groups is 2. The first-order chi connectivity index (χ1) is 38.9. The van der Waals surface area contributed by atoms with Gasteiger partial charge in [0, 0.05) is 12.8 Å². The Morgan fingerprint density at radius 2 is 0.800 bits per heavy atom. The Morgan fingerprint density at radius 1 is 0.450 bits per heavy atom. The summed E-state index contributed by atoms with van der Waals surface area (Å²) in [5.74, 6) is -0.499. The number of hydrogen-bond donors (Lipinski definition) is 2. The second kappa shape index (κ2) is 59.6. The van der Waals surface area contributed by atoms with Crippen LogP contribution in [0.25, 0.3) is 0 Å². The fraction of sp³-hybridized carbons (Fsp3) is 0.800. The van der Waals surface area contributed by atoms with Gasteiger partial charge >= 0.3 is 13.8 Å². The lowest BCUT2D eigenvalue weighted by Gasteiger charge is -2.27. The highest BCUT2D eigenvalue weighted by Gasteiger charge is 2.30. The van der Waals surface area contributed by atoms with Crippen molar-refractivity contribution in [3.63, 3.8) is 0 Å². The van der Waals surface area contributed by atoms with Crippen molar-refractivity contribution in [2.24, 2.45) is 0 Å². The summed E-state index contributed by atoms with van der Waals surface area (Å²) in [5, 5.41) is 3.07. The van der Waals surface area contributed by atoms with Crippen molar-refractivity contribution >= 4 is 19.7 Å². The maximum absolute atomic E-state index is 13.6. The van der Waals surface area contributed by atoms with E-state index >= 15 is 0 Å². The molecular formula is C70H130N2O7P+. The number of ether oxygens (including phenoxy) is 1. The third-order valence-electron chi connectivity index (χ3n) is 14.9. The number of quaternary nitrogens is 1. The van der Waals surface area contributed by atoms with E-state index in [9.17, 15) is 19.0 Å². The number of nitrogens with one attached hydrogen (secondary N) is 1. The molecule has 1 amide bonds. The molecule has 0 saturated carbocycles. The fourth-order valence-corrected chi connectivity index (χ4v) is 10.5. The summed E-state index contributed by atoms with van der Waals surface area (Å²) >= 11 is 0. The molecule has 466 valence electrons. The number of likely N-dealkylation sites (N-methyl/N-ethyl adjacent to an activating group) is 1. The predicted octanol–water partition coefficient (Wildman–Crippen LogP) is 21.2. The molecule has 0 aliphatic carbocycles. The van der Waals surface area contributed by atoms with Crippen LogP contribution in [0, 0.1) is 0 Å². The maximum atomic E-state index is 13.6.